The van der Waals surface area contributed by atoms with Crippen LogP contribution in [0.2, 0.25) is 0 Å². The van der Waals surface area contributed by atoms with Crippen molar-refractivity contribution in [1.82, 2.24) is 0 Å². The SMILES string of the molecule is CCN(CC(N)CCc1ccccc1)c1cccc(F)c1. The van der Waals surface area contributed by atoms with Crippen molar-refractivity contribution in [1.29, 1.82) is 0 Å². The zero-order chi connectivity index (χ0) is 15.1. The topological polar surface area (TPSA) is 29.3 Å². The maximum atomic E-state index is 13.3. The summed E-state index contributed by atoms with van der Waals surface area (Å²) < 4.78 is 13.3. The number of benzene rings is 2. The largest absolute Gasteiger partial charge is 0.370 e. The van der Waals surface area contributed by atoms with Gasteiger partial charge >= 0.3 is 0 Å². The number of hydrogen-bond acceptors (Lipinski definition) is 2. The second-order valence-corrected chi connectivity index (χ2v) is 5.30. The molecule has 0 bridgehead atoms. The first-order valence-electron chi connectivity index (χ1n) is 7.49. The quantitative estimate of drug-likeness (QED) is 0.842. The normalized spacial score (nSPS) is 12.1. The lowest BCUT2D eigenvalue weighted by Gasteiger charge is -2.26. The fraction of sp³-hybridized carbons (Fsp3) is 0.333. The highest BCUT2D eigenvalue weighted by molar-refractivity contribution is 5.46. The van der Waals surface area contributed by atoms with Gasteiger partial charge in [-0.25, -0.2) is 4.39 Å². The third-order valence-corrected chi connectivity index (χ3v) is 3.66. The summed E-state index contributed by atoms with van der Waals surface area (Å²) >= 11 is 0. The number of anilines is 1. The van der Waals surface area contributed by atoms with Crippen LogP contribution < -0.4 is 10.6 Å². The van der Waals surface area contributed by atoms with Crippen LogP contribution in [0.4, 0.5) is 10.1 Å². The molecule has 2 rings (SSSR count). The van der Waals surface area contributed by atoms with E-state index in [2.05, 4.69) is 24.0 Å². The molecule has 0 aliphatic rings. The summed E-state index contributed by atoms with van der Waals surface area (Å²) in [4.78, 5) is 2.12. The van der Waals surface area contributed by atoms with Crippen molar-refractivity contribution < 1.29 is 4.39 Å². The van der Waals surface area contributed by atoms with Crippen LogP contribution in [0, 0.1) is 5.82 Å². The van der Waals surface area contributed by atoms with E-state index in [0.717, 1.165) is 31.6 Å². The molecule has 0 saturated carbocycles. The number of nitrogens with zero attached hydrogens (tertiary/aromatic N) is 1. The minimum atomic E-state index is -0.205. The first kappa shape index (κ1) is 15.5. The van der Waals surface area contributed by atoms with E-state index in [9.17, 15) is 4.39 Å². The minimum Gasteiger partial charge on any atom is -0.370 e. The Morgan fingerprint density at radius 3 is 2.52 bits per heavy atom. The summed E-state index contributed by atoms with van der Waals surface area (Å²) in [6.45, 7) is 3.63. The average Bonchev–Trinajstić information content (AvgIpc) is 2.51. The van der Waals surface area contributed by atoms with Crippen LogP contribution in [0.15, 0.2) is 54.6 Å². The monoisotopic (exact) mass is 286 g/mol. The first-order chi connectivity index (χ1) is 10.2. The van der Waals surface area contributed by atoms with Gasteiger partial charge in [-0.3, -0.25) is 0 Å². The molecule has 0 aliphatic carbocycles. The van der Waals surface area contributed by atoms with E-state index in [1.807, 2.05) is 24.3 Å². The number of aryl methyl sites for hydroxylation is 1. The summed E-state index contributed by atoms with van der Waals surface area (Å²) in [5.74, 6) is -0.205. The Morgan fingerprint density at radius 1 is 1.10 bits per heavy atom. The summed E-state index contributed by atoms with van der Waals surface area (Å²) in [7, 11) is 0. The standard InChI is InChI=1S/C18H23FN2/c1-2-21(18-10-6-9-16(19)13-18)14-17(20)12-11-15-7-4-3-5-8-15/h3-10,13,17H,2,11-12,14,20H2,1H3. The number of hydrogen-bond donors (Lipinski definition) is 1. The molecule has 2 nitrogen and oxygen atoms in total. The molecule has 0 aromatic heterocycles. The third-order valence-electron chi connectivity index (χ3n) is 3.66. The molecule has 2 N–H and O–H groups in total. The molecule has 0 saturated heterocycles. The van der Waals surface area contributed by atoms with E-state index in [0.29, 0.717) is 0 Å². The van der Waals surface area contributed by atoms with Crippen molar-refractivity contribution >= 4 is 5.69 Å². The Bertz CT molecular complexity index is 542. The molecule has 2 aromatic carbocycles. The second-order valence-electron chi connectivity index (χ2n) is 5.30. The zero-order valence-corrected chi connectivity index (χ0v) is 12.5. The van der Waals surface area contributed by atoms with Gasteiger partial charge in [-0.05, 0) is 43.5 Å². The Labute approximate surface area is 126 Å². The number of nitrogens with two attached hydrogens (primary N) is 1. The number of rotatable bonds is 7. The highest BCUT2D eigenvalue weighted by atomic mass is 19.1. The van der Waals surface area contributed by atoms with Gasteiger partial charge in [0, 0.05) is 24.8 Å². The van der Waals surface area contributed by atoms with Crippen molar-refractivity contribution in [2.24, 2.45) is 5.73 Å². The Morgan fingerprint density at radius 2 is 1.86 bits per heavy atom. The molecule has 21 heavy (non-hydrogen) atoms. The van der Waals surface area contributed by atoms with Crippen molar-refractivity contribution in [2.45, 2.75) is 25.8 Å². The Hall–Kier alpha value is -1.87. The molecule has 112 valence electrons. The van der Waals surface area contributed by atoms with E-state index >= 15 is 0 Å². The van der Waals surface area contributed by atoms with Crippen molar-refractivity contribution in [3.63, 3.8) is 0 Å². The van der Waals surface area contributed by atoms with Crippen LogP contribution in [0.3, 0.4) is 0 Å². The summed E-state index contributed by atoms with van der Waals surface area (Å²) in [5, 5.41) is 0. The van der Waals surface area contributed by atoms with E-state index in [1.165, 1.54) is 11.6 Å². The smallest absolute Gasteiger partial charge is 0.125 e. The van der Waals surface area contributed by atoms with Crippen LogP contribution in [0.25, 0.3) is 0 Å². The van der Waals surface area contributed by atoms with Gasteiger partial charge in [0.05, 0.1) is 0 Å². The van der Waals surface area contributed by atoms with Crippen molar-refractivity contribution in [2.75, 3.05) is 18.0 Å². The van der Waals surface area contributed by atoms with Gasteiger partial charge in [0.1, 0.15) is 5.82 Å². The molecule has 1 unspecified atom stereocenters. The summed E-state index contributed by atoms with van der Waals surface area (Å²) in [6, 6.07) is 17.1. The van der Waals surface area contributed by atoms with Crippen LogP contribution >= 0.6 is 0 Å². The van der Waals surface area contributed by atoms with Gasteiger partial charge in [0.15, 0.2) is 0 Å². The van der Waals surface area contributed by atoms with Crippen molar-refractivity contribution in [3.05, 3.63) is 66.0 Å². The van der Waals surface area contributed by atoms with Gasteiger partial charge < -0.3 is 10.6 Å². The van der Waals surface area contributed by atoms with Crippen LogP contribution in [-0.4, -0.2) is 19.1 Å². The Kier molecular flexibility index (Phi) is 5.76. The van der Waals surface area contributed by atoms with Crippen LogP contribution in [-0.2, 0) is 6.42 Å². The van der Waals surface area contributed by atoms with E-state index in [4.69, 9.17) is 5.73 Å². The van der Waals surface area contributed by atoms with E-state index in [-0.39, 0.29) is 11.9 Å². The molecule has 3 heteroatoms. The number of halogens is 1. The average molecular weight is 286 g/mol. The molecule has 1 atom stereocenters. The lowest BCUT2D eigenvalue weighted by molar-refractivity contribution is 0.590. The van der Waals surface area contributed by atoms with Gasteiger partial charge in [-0.15, -0.1) is 0 Å². The molecule has 2 aromatic rings. The molecule has 0 spiro atoms. The second kappa shape index (κ2) is 7.79. The minimum absolute atomic E-state index is 0.0772. The van der Waals surface area contributed by atoms with Gasteiger partial charge in [-0.1, -0.05) is 36.4 Å². The highest BCUT2D eigenvalue weighted by Crippen LogP contribution is 2.16. The van der Waals surface area contributed by atoms with Crippen molar-refractivity contribution in [3.8, 4) is 0 Å². The molecule has 0 heterocycles. The fourth-order valence-corrected chi connectivity index (χ4v) is 2.46. The van der Waals surface area contributed by atoms with Gasteiger partial charge in [-0.2, -0.15) is 0 Å². The Balaban J connectivity index is 1.89. The fourth-order valence-electron chi connectivity index (χ4n) is 2.46. The zero-order valence-electron chi connectivity index (χ0n) is 12.5. The van der Waals surface area contributed by atoms with E-state index < -0.39 is 0 Å². The maximum Gasteiger partial charge on any atom is 0.125 e. The third kappa shape index (κ3) is 4.87. The van der Waals surface area contributed by atoms with Crippen LogP contribution in [0.1, 0.15) is 18.9 Å². The molecular weight excluding hydrogens is 263 g/mol. The molecule has 0 radical (unpaired) electrons. The lowest BCUT2D eigenvalue weighted by atomic mass is 10.1. The maximum absolute atomic E-state index is 13.3. The molecule has 0 aliphatic heterocycles. The first-order valence-corrected chi connectivity index (χ1v) is 7.49. The highest BCUT2D eigenvalue weighted by Gasteiger charge is 2.10. The van der Waals surface area contributed by atoms with Gasteiger partial charge in [0.2, 0.25) is 0 Å². The summed E-state index contributed by atoms with van der Waals surface area (Å²) in [6.07, 6.45) is 1.90. The molecular formula is C18H23FN2. The van der Waals surface area contributed by atoms with E-state index in [1.54, 1.807) is 12.1 Å². The van der Waals surface area contributed by atoms with Crippen LogP contribution in [0.5, 0.6) is 0 Å². The molecule has 0 amide bonds. The molecule has 0 fully saturated rings. The predicted molar refractivity (Wildman–Crippen MR) is 87.0 cm³/mol. The number of likely N-dealkylation sites (N-methyl/N-ethyl adjacent to an activating group) is 1. The predicted octanol–water partition coefficient (Wildman–Crippen LogP) is 3.61. The van der Waals surface area contributed by atoms with Gasteiger partial charge in [0.25, 0.3) is 0 Å². The lowest BCUT2D eigenvalue weighted by Crippen LogP contribution is -2.37. The summed E-state index contributed by atoms with van der Waals surface area (Å²) in [5.41, 5.74) is 8.44.